The number of hydrogen-bond donors (Lipinski definition) is 1. The molecule has 0 saturated carbocycles. The Morgan fingerprint density at radius 1 is 1.67 bits per heavy atom. The SMILES string of the molecule is CCc1cnc(SCC(=O)O)n1C(C)CCOC. The van der Waals surface area contributed by atoms with Crippen LogP contribution in [0.1, 0.15) is 32.0 Å². The highest BCUT2D eigenvalue weighted by atomic mass is 32.2. The molecule has 0 spiro atoms. The standard InChI is InChI=1S/C12H20N2O3S/c1-4-10-7-13-12(18-8-11(15)16)14(10)9(2)5-6-17-3/h7,9H,4-6,8H2,1-3H3,(H,15,16). The number of ether oxygens (including phenoxy) is 1. The molecule has 0 radical (unpaired) electrons. The number of thioether (sulfide) groups is 1. The second-order valence-corrected chi connectivity index (χ2v) is 5.01. The highest BCUT2D eigenvalue weighted by Gasteiger charge is 2.15. The third kappa shape index (κ3) is 4.03. The Morgan fingerprint density at radius 2 is 2.39 bits per heavy atom. The van der Waals surface area contributed by atoms with E-state index in [0.717, 1.165) is 23.7 Å². The van der Waals surface area contributed by atoms with E-state index in [1.165, 1.54) is 11.8 Å². The normalized spacial score (nSPS) is 12.6. The third-order valence-corrected chi connectivity index (χ3v) is 3.66. The maximum Gasteiger partial charge on any atom is 0.313 e. The first kappa shape index (κ1) is 15.0. The average molecular weight is 272 g/mol. The van der Waals surface area contributed by atoms with Gasteiger partial charge in [-0.15, -0.1) is 0 Å². The van der Waals surface area contributed by atoms with Crippen molar-refractivity contribution in [1.29, 1.82) is 0 Å². The largest absolute Gasteiger partial charge is 0.481 e. The van der Waals surface area contributed by atoms with Gasteiger partial charge in [-0.05, 0) is 19.8 Å². The number of nitrogens with zero attached hydrogens (tertiary/aromatic N) is 2. The summed E-state index contributed by atoms with van der Waals surface area (Å²) in [6.45, 7) is 4.86. The fourth-order valence-corrected chi connectivity index (χ4v) is 2.58. The number of carboxylic acids is 1. The summed E-state index contributed by atoms with van der Waals surface area (Å²) in [7, 11) is 1.68. The van der Waals surface area contributed by atoms with Crippen LogP contribution in [-0.2, 0) is 16.0 Å². The van der Waals surface area contributed by atoms with E-state index in [2.05, 4.69) is 23.4 Å². The van der Waals surface area contributed by atoms with Gasteiger partial charge in [0.2, 0.25) is 0 Å². The van der Waals surface area contributed by atoms with Crippen molar-refractivity contribution in [3.8, 4) is 0 Å². The van der Waals surface area contributed by atoms with Gasteiger partial charge in [0.1, 0.15) is 0 Å². The molecule has 1 aromatic rings. The molecule has 1 N–H and O–H groups in total. The van der Waals surface area contributed by atoms with Crippen LogP contribution in [-0.4, -0.2) is 40.1 Å². The van der Waals surface area contributed by atoms with E-state index < -0.39 is 5.97 Å². The lowest BCUT2D eigenvalue weighted by molar-refractivity contribution is -0.133. The van der Waals surface area contributed by atoms with E-state index in [1.807, 2.05) is 6.20 Å². The minimum absolute atomic E-state index is 0.0389. The molecule has 6 heteroatoms. The van der Waals surface area contributed by atoms with Gasteiger partial charge in [-0.1, -0.05) is 18.7 Å². The molecule has 1 unspecified atom stereocenters. The van der Waals surface area contributed by atoms with Crippen molar-refractivity contribution in [1.82, 2.24) is 9.55 Å². The zero-order chi connectivity index (χ0) is 13.5. The van der Waals surface area contributed by atoms with Gasteiger partial charge >= 0.3 is 5.97 Å². The van der Waals surface area contributed by atoms with Gasteiger partial charge in [0.25, 0.3) is 0 Å². The maximum absolute atomic E-state index is 10.6. The summed E-state index contributed by atoms with van der Waals surface area (Å²) in [5.41, 5.74) is 1.13. The highest BCUT2D eigenvalue weighted by Crippen LogP contribution is 2.25. The average Bonchev–Trinajstić information content (AvgIpc) is 2.76. The molecular formula is C12H20N2O3S. The fourth-order valence-electron chi connectivity index (χ4n) is 1.76. The highest BCUT2D eigenvalue weighted by molar-refractivity contribution is 7.99. The molecule has 18 heavy (non-hydrogen) atoms. The lowest BCUT2D eigenvalue weighted by Gasteiger charge is -2.18. The van der Waals surface area contributed by atoms with Crippen LogP contribution in [0.3, 0.4) is 0 Å². The minimum Gasteiger partial charge on any atom is -0.481 e. The fraction of sp³-hybridized carbons (Fsp3) is 0.667. The van der Waals surface area contributed by atoms with Crippen molar-refractivity contribution in [2.45, 2.75) is 37.9 Å². The molecule has 0 aromatic carbocycles. The zero-order valence-corrected chi connectivity index (χ0v) is 11.9. The van der Waals surface area contributed by atoms with Crippen LogP contribution in [0.2, 0.25) is 0 Å². The monoisotopic (exact) mass is 272 g/mol. The van der Waals surface area contributed by atoms with E-state index in [9.17, 15) is 4.79 Å². The molecular weight excluding hydrogens is 252 g/mol. The predicted octanol–water partition coefficient (Wildman–Crippen LogP) is 2.22. The molecule has 1 atom stereocenters. The molecule has 1 rings (SSSR count). The number of carbonyl (C=O) groups is 1. The maximum atomic E-state index is 10.6. The number of rotatable bonds is 8. The van der Waals surface area contributed by atoms with Crippen molar-refractivity contribution < 1.29 is 14.6 Å². The van der Waals surface area contributed by atoms with Gasteiger partial charge in [0.15, 0.2) is 5.16 Å². The summed E-state index contributed by atoms with van der Waals surface area (Å²) in [5, 5.41) is 9.51. The van der Waals surface area contributed by atoms with Gasteiger partial charge in [-0.2, -0.15) is 0 Å². The first-order valence-electron chi connectivity index (χ1n) is 5.99. The first-order valence-corrected chi connectivity index (χ1v) is 6.98. The van der Waals surface area contributed by atoms with E-state index in [4.69, 9.17) is 9.84 Å². The summed E-state index contributed by atoms with van der Waals surface area (Å²) in [5.74, 6) is -0.783. The summed E-state index contributed by atoms with van der Waals surface area (Å²) in [6.07, 6.45) is 3.60. The summed E-state index contributed by atoms with van der Waals surface area (Å²) in [4.78, 5) is 14.9. The topological polar surface area (TPSA) is 64.3 Å². The lowest BCUT2D eigenvalue weighted by atomic mass is 10.2. The van der Waals surface area contributed by atoms with Gasteiger partial charge in [-0.25, -0.2) is 4.98 Å². The van der Waals surface area contributed by atoms with Gasteiger partial charge in [0.05, 0.1) is 5.75 Å². The molecule has 0 saturated heterocycles. The van der Waals surface area contributed by atoms with E-state index >= 15 is 0 Å². The molecule has 5 nitrogen and oxygen atoms in total. The van der Waals surface area contributed by atoms with Gasteiger partial charge in [-0.3, -0.25) is 4.79 Å². The second-order valence-electron chi connectivity index (χ2n) is 4.07. The second kappa shape index (κ2) is 7.43. The molecule has 0 amide bonds. The predicted molar refractivity (Wildman–Crippen MR) is 71.2 cm³/mol. The van der Waals surface area contributed by atoms with Crippen molar-refractivity contribution in [2.75, 3.05) is 19.5 Å². The Morgan fingerprint density at radius 3 is 2.94 bits per heavy atom. The van der Waals surface area contributed by atoms with E-state index in [1.54, 1.807) is 7.11 Å². The Hall–Kier alpha value is -1.01. The van der Waals surface area contributed by atoms with Gasteiger partial charge < -0.3 is 14.4 Å². The van der Waals surface area contributed by atoms with E-state index in [0.29, 0.717) is 6.61 Å². The number of aliphatic carboxylic acids is 1. The van der Waals surface area contributed by atoms with Crippen molar-refractivity contribution in [3.63, 3.8) is 0 Å². The smallest absolute Gasteiger partial charge is 0.313 e. The van der Waals surface area contributed by atoms with Crippen LogP contribution < -0.4 is 0 Å². The Labute approximate surface area is 112 Å². The molecule has 0 aliphatic carbocycles. The zero-order valence-electron chi connectivity index (χ0n) is 11.0. The number of hydrogen-bond acceptors (Lipinski definition) is 4. The summed E-state index contributed by atoms with van der Waals surface area (Å²) < 4.78 is 7.21. The first-order chi connectivity index (χ1) is 8.60. The number of methoxy groups -OCH3 is 1. The molecule has 0 fully saturated rings. The molecule has 1 heterocycles. The lowest BCUT2D eigenvalue weighted by Crippen LogP contribution is -2.12. The van der Waals surface area contributed by atoms with Crippen molar-refractivity contribution in [3.05, 3.63) is 11.9 Å². The summed E-state index contributed by atoms with van der Waals surface area (Å²) >= 11 is 1.26. The molecule has 1 aromatic heterocycles. The molecule has 102 valence electrons. The number of aryl methyl sites for hydroxylation is 1. The number of aromatic nitrogens is 2. The van der Waals surface area contributed by atoms with E-state index in [-0.39, 0.29) is 11.8 Å². The van der Waals surface area contributed by atoms with Crippen molar-refractivity contribution >= 4 is 17.7 Å². The summed E-state index contributed by atoms with van der Waals surface area (Å²) in [6, 6.07) is 0.263. The van der Waals surface area contributed by atoms with Crippen LogP contribution in [0.25, 0.3) is 0 Å². The van der Waals surface area contributed by atoms with Gasteiger partial charge in [0, 0.05) is 31.6 Å². The van der Waals surface area contributed by atoms with Crippen LogP contribution >= 0.6 is 11.8 Å². The van der Waals surface area contributed by atoms with Crippen LogP contribution in [0, 0.1) is 0 Å². The Balaban J connectivity index is 2.83. The Bertz CT molecular complexity index is 393. The molecule has 0 aliphatic heterocycles. The number of carboxylic acid groups (broad SMARTS) is 1. The third-order valence-electron chi connectivity index (χ3n) is 2.71. The molecule has 0 bridgehead atoms. The van der Waals surface area contributed by atoms with Crippen molar-refractivity contribution in [2.24, 2.45) is 0 Å². The Kier molecular flexibility index (Phi) is 6.21. The van der Waals surface area contributed by atoms with Crippen LogP contribution in [0.15, 0.2) is 11.4 Å². The number of imidazole rings is 1. The van der Waals surface area contributed by atoms with Crippen LogP contribution in [0.4, 0.5) is 0 Å². The van der Waals surface area contributed by atoms with Crippen LogP contribution in [0.5, 0.6) is 0 Å². The minimum atomic E-state index is -0.822. The molecule has 0 aliphatic rings. The quantitative estimate of drug-likeness (QED) is 0.735.